The molecule has 0 saturated heterocycles. The molecule has 0 aliphatic rings. The third kappa shape index (κ3) is 4.47. The lowest BCUT2D eigenvalue weighted by Crippen LogP contribution is -2.38. The normalized spacial score (nSPS) is 17.4. The van der Waals surface area contributed by atoms with Crippen LogP contribution in [0.5, 0.6) is 0 Å². The Balaban J connectivity index is 4.70. The fourth-order valence-electron chi connectivity index (χ4n) is 1.63. The first kappa shape index (κ1) is 14.2. The summed E-state index contributed by atoms with van der Waals surface area (Å²) >= 11 is 0. The maximum absolute atomic E-state index is 11.6. The lowest BCUT2D eigenvalue weighted by atomic mass is 9.85. The molecule has 0 fully saturated rings. The highest BCUT2D eigenvalue weighted by Crippen LogP contribution is 2.25. The van der Waals surface area contributed by atoms with E-state index in [0.29, 0.717) is 13.0 Å². The first-order valence-electron chi connectivity index (χ1n) is 5.52. The van der Waals surface area contributed by atoms with Crippen molar-refractivity contribution in [2.24, 2.45) is 5.92 Å². The third-order valence-corrected chi connectivity index (χ3v) is 2.36. The molecule has 88 valence electrons. The summed E-state index contributed by atoms with van der Waals surface area (Å²) in [6.45, 7) is 7.57. The second kappa shape index (κ2) is 6.62. The van der Waals surface area contributed by atoms with E-state index in [1.165, 1.54) is 0 Å². The second-order valence-corrected chi connectivity index (χ2v) is 3.82. The maximum Gasteiger partial charge on any atom is 0.312 e. The van der Waals surface area contributed by atoms with Crippen LogP contribution < -0.4 is 0 Å². The van der Waals surface area contributed by atoms with Gasteiger partial charge >= 0.3 is 5.97 Å². The van der Waals surface area contributed by atoms with Crippen LogP contribution in [0.25, 0.3) is 0 Å². The van der Waals surface area contributed by atoms with Crippen molar-refractivity contribution in [2.45, 2.75) is 46.1 Å². The molecule has 3 nitrogen and oxygen atoms in total. The Hall–Kier alpha value is -0.830. The quantitative estimate of drug-likeness (QED) is 0.545. The molecule has 0 aliphatic carbocycles. The van der Waals surface area contributed by atoms with Gasteiger partial charge in [-0.3, -0.25) is 4.79 Å². The van der Waals surface area contributed by atoms with Gasteiger partial charge in [0.1, 0.15) is 0 Å². The van der Waals surface area contributed by atoms with E-state index in [9.17, 15) is 9.90 Å². The predicted molar refractivity (Wildman–Crippen MR) is 60.5 cm³/mol. The lowest BCUT2D eigenvalue weighted by molar-refractivity contribution is -0.155. The van der Waals surface area contributed by atoms with Crippen molar-refractivity contribution in [3.05, 3.63) is 12.2 Å². The number of carbonyl (C=O) groups excluding carboxylic acids is 1. The summed E-state index contributed by atoms with van der Waals surface area (Å²) in [5.74, 6) is -0.791. The zero-order valence-electron chi connectivity index (χ0n) is 10.1. The van der Waals surface area contributed by atoms with Gasteiger partial charge in [-0.2, -0.15) is 0 Å². The van der Waals surface area contributed by atoms with Crippen molar-refractivity contribution < 1.29 is 14.6 Å². The van der Waals surface area contributed by atoms with Crippen LogP contribution in [0.4, 0.5) is 0 Å². The first-order valence-corrected chi connectivity index (χ1v) is 5.52. The molecule has 0 heterocycles. The molecule has 0 amide bonds. The van der Waals surface area contributed by atoms with Crippen LogP contribution in [0, 0.1) is 5.92 Å². The van der Waals surface area contributed by atoms with Gasteiger partial charge < -0.3 is 9.84 Å². The fraction of sp³-hybridized carbons (Fsp3) is 0.750. The molecule has 0 aromatic rings. The van der Waals surface area contributed by atoms with Gasteiger partial charge in [-0.05, 0) is 27.2 Å². The summed E-state index contributed by atoms with van der Waals surface area (Å²) in [4.78, 5) is 11.6. The molecular weight excluding hydrogens is 192 g/mol. The van der Waals surface area contributed by atoms with E-state index in [4.69, 9.17) is 4.74 Å². The minimum Gasteiger partial charge on any atom is -0.466 e. The molecule has 0 aromatic heterocycles. The highest BCUT2D eigenvalue weighted by molar-refractivity contribution is 5.74. The van der Waals surface area contributed by atoms with Gasteiger partial charge in [0.2, 0.25) is 0 Å². The van der Waals surface area contributed by atoms with Crippen LogP contribution in [-0.2, 0) is 9.53 Å². The van der Waals surface area contributed by atoms with E-state index in [0.717, 1.165) is 6.42 Å². The summed E-state index contributed by atoms with van der Waals surface area (Å²) in [6.07, 6.45) is 4.87. The lowest BCUT2D eigenvalue weighted by Gasteiger charge is -2.28. The number of hydrogen-bond acceptors (Lipinski definition) is 3. The van der Waals surface area contributed by atoms with Gasteiger partial charge in [-0.15, -0.1) is 0 Å². The smallest absolute Gasteiger partial charge is 0.312 e. The number of hydrogen-bond donors (Lipinski definition) is 1. The van der Waals surface area contributed by atoms with Gasteiger partial charge in [-0.25, -0.2) is 0 Å². The molecule has 2 atom stereocenters. The minimum absolute atomic E-state index is 0.317. The van der Waals surface area contributed by atoms with E-state index in [2.05, 4.69) is 0 Å². The molecule has 2 unspecified atom stereocenters. The highest BCUT2D eigenvalue weighted by atomic mass is 16.5. The van der Waals surface area contributed by atoms with Crippen LogP contribution in [0.2, 0.25) is 0 Å². The standard InChI is InChI=1S/C12H22O3/c1-5-8-10(11(13)15-7-3)12(4,14)9-6-2/h6,9-10,14H,5,7-8H2,1-4H3/b9-6+. The van der Waals surface area contributed by atoms with Gasteiger partial charge in [0.25, 0.3) is 0 Å². The zero-order chi connectivity index (χ0) is 11.9. The number of rotatable bonds is 6. The molecule has 0 rings (SSSR count). The monoisotopic (exact) mass is 214 g/mol. The van der Waals surface area contributed by atoms with E-state index >= 15 is 0 Å². The van der Waals surface area contributed by atoms with Gasteiger partial charge in [0.05, 0.1) is 18.1 Å². The first-order chi connectivity index (χ1) is 6.99. The largest absolute Gasteiger partial charge is 0.466 e. The number of ether oxygens (including phenoxy) is 1. The molecule has 0 aliphatic heterocycles. The topological polar surface area (TPSA) is 46.5 Å². The van der Waals surface area contributed by atoms with Crippen molar-refractivity contribution in [2.75, 3.05) is 6.61 Å². The summed E-state index contributed by atoms with van der Waals surface area (Å²) in [5, 5.41) is 10.1. The van der Waals surface area contributed by atoms with Crippen molar-refractivity contribution in [3.63, 3.8) is 0 Å². The molecule has 0 saturated carbocycles. The Morgan fingerprint density at radius 3 is 2.53 bits per heavy atom. The molecule has 0 spiro atoms. The average Bonchev–Trinajstić information content (AvgIpc) is 2.14. The summed E-state index contributed by atoms with van der Waals surface area (Å²) in [5.41, 5.74) is -1.11. The van der Waals surface area contributed by atoms with Crippen LogP contribution in [0.15, 0.2) is 12.2 Å². The zero-order valence-corrected chi connectivity index (χ0v) is 10.1. The second-order valence-electron chi connectivity index (χ2n) is 3.82. The highest BCUT2D eigenvalue weighted by Gasteiger charge is 2.35. The summed E-state index contributed by atoms with van der Waals surface area (Å²) in [7, 11) is 0. The van der Waals surface area contributed by atoms with Crippen LogP contribution in [0.3, 0.4) is 0 Å². The van der Waals surface area contributed by atoms with Crippen LogP contribution in [0.1, 0.15) is 40.5 Å². The summed E-state index contributed by atoms with van der Waals surface area (Å²) in [6, 6.07) is 0. The average molecular weight is 214 g/mol. The third-order valence-electron chi connectivity index (χ3n) is 2.36. The SMILES string of the molecule is C/C=C/C(C)(O)C(CCC)C(=O)OCC. The molecule has 1 N–H and O–H groups in total. The van der Waals surface area contributed by atoms with Crippen LogP contribution in [-0.4, -0.2) is 23.3 Å². The number of aliphatic hydroxyl groups is 1. The van der Waals surface area contributed by atoms with E-state index in [1.54, 1.807) is 26.0 Å². The molecular formula is C12H22O3. The fourth-order valence-corrected chi connectivity index (χ4v) is 1.63. The van der Waals surface area contributed by atoms with Crippen molar-refractivity contribution >= 4 is 5.97 Å². The number of esters is 1. The number of carbonyl (C=O) groups is 1. The van der Waals surface area contributed by atoms with Crippen molar-refractivity contribution in [1.29, 1.82) is 0 Å². The van der Waals surface area contributed by atoms with Gasteiger partial charge in [0, 0.05) is 0 Å². The molecule has 0 aromatic carbocycles. The Morgan fingerprint density at radius 2 is 2.13 bits per heavy atom. The number of allylic oxidation sites excluding steroid dienone is 1. The minimum atomic E-state index is -1.11. The predicted octanol–water partition coefficient (Wildman–Crippen LogP) is 2.29. The molecule has 15 heavy (non-hydrogen) atoms. The van der Waals surface area contributed by atoms with E-state index in [-0.39, 0.29) is 5.97 Å². The molecule has 3 heteroatoms. The van der Waals surface area contributed by atoms with Gasteiger partial charge in [-0.1, -0.05) is 25.5 Å². The van der Waals surface area contributed by atoms with Crippen molar-refractivity contribution in [1.82, 2.24) is 0 Å². The molecule has 0 radical (unpaired) electrons. The maximum atomic E-state index is 11.6. The summed E-state index contributed by atoms with van der Waals surface area (Å²) < 4.78 is 4.96. The Morgan fingerprint density at radius 1 is 1.53 bits per heavy atom. The van der Waals surface area contributed by atoms with E-state index in [1.807, 2.05) is 13.8 Å². The Kier molecular flexibility index (Phi) is 6.25. The van der Waals surface area contributed by atoms with E-state index < -0.39 is 11.5 Å². The van der Waals surface area contributed by atoms with Crippen LogP contribution >= 0.6 is 0 Å². The van der Waals surface area contributed by atoms with Gasteiger partial charge in [0.15, 0.2) is 0 Å². The Bertz CT molecular complexity index is 219. The van der Waals surface area contributed by atoms with Crippen molar-refractivity contribution in [3.8, 4) is 0 Å². The Labute approximate surface area is 92.1 Å². The molecule has 0 bridgehead atoms.